The molecule has 0 amide bonds. The summed E-state index contributed by atoms with van der Waals surface area (Å²) in [6.45, 7) is 0. The summed E-state index contributed by atoms with van der Waals surface area (Å²) in [6.07, 6.45) is 0.146. The Hall–Kier alpha value is -2.17. The molecule has 16 heavy (non-hydrogen) atoms. The number of rotatable bonds is 4. The van der Waals surface area contributed by atoms with Gasteiger partial charge in [0.15, 0.2) is 0 Å². The number of carboxylic acid groups (broad SMARTS) is 1. The van der Waals surface area contributed by atoms with Crippen LogP contribution in [0, 0.1) is 0 Å². The van der Waals surface area contributed by atoms with Crippen LogP contribution < -0.4 is 11.1 Å². The van der Waals surface area contributed by atoms with Crippen molar-refractivity contribution in [3.63, 3.8) is 0 Å². The fraction of sp³-hybridized carbons (Fsp3) is 0.182. The van der Waals surface area contributed by atoms with E-state index in [2.05, 4.69) is 0 Å². The zero-order chi connectivity index (χ0) is 11.7. The summed E-state index contributed by atoms with van der Waals surface area (Å²) in [5, 5.41) is 8.93. The molecule has 0 aliphatic carbocycles. The van der Waals surface area contributed by atoms with Crippen molar-refractivity contribution in [2.24, 2.45) is 0 Å². The van der Waals surface area contributed by atoms with Crippen molar-refractivity contribution in [2.45, 2.75) is 12.5 Å². The summed E-state index contributed by atoms with van der Waals surface area (Å²) in [5.41, 5.74) is -0.658. The smallest absolute Gasteiger partial charge is 0.327 e. The number of carboxylic acids is 1. The standard InChI is InChI=1S/C11H9NO4/c13-9-10(14)12(9)8(11(15)16)6-7-4-2-1-3-5-7/h1-5,8H,6H2,(H,15,16). The Kier molecular flexibility index (Phi) is 2.44. The lowest BCUT2D eigenvalue weighted by molar-refractivity contribution is -0.140. The molecule has 2 rings (SSSR count). The molecule has 1 unspecified atom stereocenters. The van der Waals surface area contributed by atoms with Crippen LogP contribution in [0.25, 0.3) is 0 Å². The summed E-state index contributed by atoms with van der Waals surface area (Å²) < 4.78 is 0.773. The van der Waals surface area contributed by atoms with Gasteiger partial charge in [-0.15, -0.1) is 0 Å². The van der Waals surface area contributed by atoms with Crippen LogP contribution >= 0.6 is 0 Å². The van der Waals surface area contributed by atoms with E-state index in [9.17, 15) is 14.4 Å². The first kappa shape index (κ1) is 10.4. The van der Waals surface area contributed by atoms with Crippen LogP contribution in [0.3, 0.4) is 0 Å². The van der Waals surface area contributed by atoms with Gasteiger partial charge in [-0.25, -0.2) is 4.79 Å². The molecule has 1 N–H and O–H groups in total. The second-order valence-corrected chi connectivity index (χ2v) is 3.52. The van der Waals surface area contributed by atoms with Gasteiger partial charge in [0.2, 0.25) is 0 Å². The molecule has 1 aromatic heterocycles. The molecule has 2 aromatic rings. The normalized spacial score (nSPS) is 12.8. The van der Waals surface area contributed by atoms with Crippen molar-refractivity contribution in [2.75, 3.05) is 0 Å². The van der Waals surface area contributed by atoms with Gasteiger partial charge in [0.25, 0.3) is 0 Å². The number of aliphatic carboxylic acids is 1. The minimum atomic E-state index is -1.16. The van der Waals surface area contributed by atoms with Crippen molar-refractivity contribution in [1.29, 1.82) is 0 Å². The first-order chi connectivity index (χ1) is 7.61. The maximum atomic E-state index is 10.9. The highest BCUT2D eigenvalue weighted by atomic mass is 16.4. The van der Waals surface area contributed by atoms with Crippen molar-refractivity contribution in [3.8, 4) is 0 Å². The molecule has 82 valence electrons. The lowest BCUT2D eigenvalue weighted by atomic mass is 10.1. The first-order valence-corrected chi connectivity index (χ1v) is 4.75. The van der Waals surface area contributed by atoms with Gasteiger partial charge in [-0.2, -0.15) is 0 Å². The molecule has 0 bridgehead atoms. The highest BCUT2D eigenvalue weighted by molar-refractivity contribution is 5.72. The average Bonchev–Trinajstić information content (AvgIpc) is 2.85. The van der Waals surface area contributed by atoms with Gasteiger partial charge in [0, 0.05) is 6.42 Å². The van der Waals surface area contributed by atoms with Gasteiger partial charge in [-0.3, -0.25) is 14.2 Å². The van der Waals surface area contributed by atoms with Gasteiger partial charge in [0.1, 0.15) is 6.04 Å². The minimum Gasteiger partial charge on any atom is -0.480 e. The lowest BCUT2D eigenvalue weighted by Gasteiger charge is -2.07. The van der Waals surface area contributed by atoms with Crippen molar-refractivity contribution in [3.05, 3.63) is 56.6 Å². The molecule has 0 fully saturated rings. The predicted molar refractivity (Wildman–Crippen MR) is 56.2 cm³/mol. The van der Waals surface area contributed by atoms with E-state index in [1.54, 1.807) is 24.3 Å². The molecule has 5 nitrogen and oxygen atoms in total. The minimum absolute atomic E-state index is 0.146. The van der Waals surface area contributed by atoms with Crippen LogP contribution in [-0.4, -0.2) is 15.6 Å². The largest absolute Gasteiger partial charge is 0.480 e. The Bertz CT molecular complexity index is 552. The molecule has 5 heteroatoms. The van der Waals surface area contributed by atoms with Gasteiger partial charge >= 0.3 is 17.1 Å². The van der Waals surface area contributed by atoms with E-state index in [1.807, 2.05) is 6.07 Å². The van der Waals surface area contributed by atoms with Gasteiger partial charge < -0.3 is 5.11 Å². The topological polar surface area (TPSA) is 76.4 Å². The zero-order valence-electron chi connectivity index (χ0n) is 8.29. The molecule has 1 atom stereocenters. The van der Waals surface area contributed by atoms with E-state index in [1.165, 1.54) is 0 Å². The number of aromatic nitrogens is 1. The summed E-state index contributed by atoms with van der Waals surface area (Å²) in [6, 6.07) is 7.80. The summed E-state index contributed by atoms with van der Waals surface area (Å²) in [4.78, 5) is 32.7. The fourth-order valence-corrected chi connectivity index (χ4v) is 1.56. The van der Waals surface area contributed by atoms with Crippen molar-refractivity contribution < 1.29 is 9.90 Å². The lowest BCUT2D eigenvalue weighted by Crippen LogP contribution is -2.21. The van der Waals surface area contributed by atoms with Crippen LogP contribution in [0.15, 0.2) is 39.9 Å². The quantitative estimate of drug-likeness (QED) is 0.731. The van der Waals surface area contributed by atoms with Crippen LogP contribution in [0.1, 0.15) is 11.6 Å². The van der Waals surface area contributed by atoms with E-state index >= 15 is 0 Å². The Labute approximate surface area is 90.3 Å². The van der Waals surface area contributed by atoms with Gasteiger partial charge in [0.05, 0.1) is 0 Å². The number of carbonyl (C=O) groups is 1. The van der Waals surface area contributed by atoms with E-state index < -0.39 is 23.1 Å². The highest BCUT2D eigenvalue weighted by Crippen LogP contribution is 2.12. The SMILES string of the molecule is O=C(O)C(Cc1ccccc1)n1c(=O)c1=O. The van der Waals surface area contributed by atoms with E-state index in [0.29, 0.717) is 0 Å². The monoisotopic (exact) mass is 219 g/mol. The van der Waals surface area contributed by atoms with Crippen LogP contribution in [0.4, 0.5) is 0 Å². The molecule has 0 saturated carbocycles. The third-order valence-electron chi connectivity index (χ3n) is 2.44. The number of hydrogen-bond acceptors (Lipinski definition) is 3. The summed E-state index contributed by atoms with van der Waals surface area (Å²) in [7, 11) is 0. The molecular formula is C11H9NO4. The Morgan fingerprint density at radius 1 is 1.19 bits per heavy atom. The predicted octanol–water partition coefficient (Wildman–Crippen LogP) is -0.0475. The van der Waals surface area contributed by atoms with Crippen LogP contribution in [-0.2, 0) is 11.2 Å². The van der Waals surface area contributed by atoms with E-state index in [4.69, 9.17) is 5.11 Å². The maximum Gasteiger partial charge on any atom is 0.327 e. The van der Waals surface area contributed by atoms with Crippen LogP contribution in [0.5, 0.6) is 0 Å². The highest BCUT2D eigenvalue weighted by Gasteiger charge is 2.30. The summed E-state index contributed by atoms with van der Waals surface area (Å²) in [5.74, 6) is -1.16. The number of hydrogen-bond donors (Lipinski definition) is 1. The molecular weight excluding hydrogens is 210 g/mol. The zero-order valence-corrected chi connectivity index (χ0v) is 8.29. The molecule has 0 aliphatic heterocycles. The van der Waals surface area contributed by atoms with E-state index in [0.717, 1.165) is 10.1 Å². The first-order valence-electron chi connectivity index (χ1n) is 4.75. The van der Waals surface area contributed by atoms with Crippen LogP contribution in [0.2, 0.25) is 0 Å². The fourth-order valence-electron chi connectivity index (χ4n) is 1.56. The second-order valence-electron chi connectivity index (χ2n) is 3.52. The van der Waals surface area contributed by atoms with Gasteiger partial charge in [-0.1, -0.05) is 30.3 Å². The number of nitrogens with zero attached hydrogens (tertiary/aromatic N) is 1. The molecule has 0 saturated heterocycles. The molecule has 1 heterocycles. The average molecular weight is 219 g/mol. The third-order valence-corrected chi connectivity index (χ3v) is 2.44. The van der Waals surface area contributed by atoms with Crippen molar-refractivity contribution >= 4 is 5.97 Å². The molecule has 0 radical (unpaired) electrons. The third kappa shape index (κ3) is 1.79. The molecule has 0 aliphatic rings. The van der Waals surface area contributed by atoms with Crippen molar-refractivity contribution in [1.82, 2.24) is 4.57 Å². The molecule has 0 spiro atoms. The Morgan fingerprint density at radius 2 is 1.75 bits per heavy atom. The molecule has 1 aromatic carbocycles. The Balaban J connectivity index is 2.24. The maximum absolute atomic E-state index is 10.9. The van der Waals surface area contributed by atoms with E-state index in [-0.39, 0.29) is 6.42 Å². The second kappa shape index (κ2) is 3.77. The van der Waals surface area contributed by atoms with Gasteiger partial charge in [-0.05, 0) is 5.56 Å². The summed E-state index contributed by atoms with van der Waals surface area (Å²) >= 11 is 0. The number of benzene rings is 1. The Morgan fingerprint density at radius 3 is 2.19 bits per heavy atom.